The maximum Gasteiger partial charge on any atom is 0.135 e. The SMILES string of the molecule is C=CCc1c(OCCN(C)C)ccc(-c2cccc(N)n2)c1OC. The Bertz CT molecular complexity index is 699. The minimum Gasteiger partial charge on any atom is -0.496 e. The lowest BCUT2D eigenvalue weighted by atomic mass is 10.0. The van der Waals surface area contributed by atoms with Gasteiger partial charge < -0.3 is 20.1 Å². The zero-order valence-corrected chi connectivity index (χ0v) is 14.6. The first-order valence-electron chi connectivity index (χ1n) is 7.88. The number of rotatable bonds is 8. The molecule has 1 heterocycles. The highest BCUT2D eigenvalue weighted by atomic mass is 16.5. The van der Waals surface area contributed by atoms with Gasteiger partial charge >= 0.3 is 0 Å². The Morgan fingerprint density at radius 3 is 2.67 bits per heavy atom. The maximum atomic E-state index is 5.94. The van der Waals surface area contributed by atoms with Crippen molar-refractivity contribution in [2.75, 3.05) is 40.1 Å². The third-order valence-corrected chi connectivity index (χ3v) is 3.61. The number of nitrogens with two attached hydrogens (primary N) is 1. The van der Waals surface area contributed by atoms with Gasteiger partial charge in [0.2, 0.25) is 0 Å². The van der Waals surface area contributed by atoms with Crippen LogP contribution in [0.1, 0.15) is 5.56 Å². The molecule has 2 aromatic rings. The molecular weight excluding hydrogens is 302 g/mol. The molecule has 0 unspecified atom stereocenters. The van der Waals surface area contributed by atoms with Crippen molar-refractivity contribution < 1.29 is 9.47 Å². The van der Waals surface area contributed by atoms with Crippen molar-refractivity contribution in [3.63, 3.8) is 0 Å². The van der Waals surface area contributed by atoms with E-state index in [-0.39, 0.29) is 0 Å². The lowest BCUT2D eigenvalue weighted by Crippen LogP contribution is -2.19. The molecule has 0 fully saturated rings. The molecule has 1 aromatic carbocycles. The monoisotopic (exact) mass is 327 g/mol. The average molecular weight is 327 g/mol. The summed E-state index contributed by atoms with van der Waals surface area (Å²) in [4.78, 5) is 6.47. The van der Waals surface area contributed by atoms with Crippen LogP contribution in [0.25, 0.3) is 11.3 Å². The number of ether oxygens (including phenoxy) is 2. The van der Waals surface area contributed by atoms with Crippen molar-refractivity contribution in [1.82, 2.24) is 9.88 Å². The molecule has 2 rings (SSSR count). The van der Waals surface area contributed by atoms with Crippen molar-refractivity contribution in [1.29, 1.82) is 0 Å². The number of anilines is 1. The smallest absolute Gasteiger partial charge is 0.135 e. The molecule has 0 aliphatic heterocycles. The van der Waals surface area contributed by atoms with E-state index in [4.69, 9.17) is 15.2 Å². The number of pyridine rings is 1. The van der Waals surface area contributed by atoms with E-state index in [1.54, 1.807) is 13.2 Å². The predicted octanol–water partition coefficient (Wildman–Crippen LogP) is 3.01. The van der Waals surface area contributed by atoms with Crippen LogP contribution in [-0.4, -0.2) is 44.2 Å². The van der Waals surface area contributed by atoms with Gasteiger partial charge in [0.05, 0.1) is 12.8 Å². The molecule has 128 valence electrons. The molecule has 0 saturated heterocycles. The largest absolute Gasteiger partial charge is 0.496 e. The van der Waals surface area contributed by atoms with E-state index in [1.165, 1.54) is 0 Å². The molecule has 0 aliphatic rings. The molecule has 5 heteroatoms. The van der Waals surface area contributed by atoms with Gasteiger partial charge in [0.1, 0.15) is 23.9 Å². The number of nitrogens with zero attached hydrogens (tertiary/aromatic N) is 2. The summed E-state index contributed by atoms with van der Waals surface area (Å²) in [5.74, 6) is 2.03. The van der Waals surface area contributed by atoms with Gasteiger partial charge in [-0.1, -0.05) is 12.1 Å². The molecule has 0 amide bonds. The van der Waals surface area contributed by atoms with Gasteiger partial charge in [-0.2, -0.15) is 0 Å². The van der Waals surface area contributed by atoms with Crippen LogP contribution in [0.4, 0.5) is 5.82 Å². The highest BCUT2D eigenvalue weighted by Crippen LogP contribution is 2.38. The molecule has 5 nitrogen and oxygen atoms in total. The fraction of sp³-hybridized carbons (Fsp3) is 0.316. The number of hydrogen-bond acceptors (Lipinski definition) is 5. The van der Waals surface area contributed by atoms with E-state index in [1.807, 2.05) is 44.4 Å². The van der Waals surface area contributed by atoms with Crippen molar-refractivity contribution in [2.45, 2.75) is 6.42 Å². The van der Waals surface area contributed by atoms with Crippen LogP contribution in [0.5, 0.6) is 11.5 Å². The van der Waals surface area contributed by atoms with Gasteiger partial charge in [-0.15, -0.1) is 6.58 Å². The lowest BCUT2D eigenvalue weighted by Gasteiger charge is -2.18. The third kappa shape index (κ3) is 4.26. The second kappa shape index (κ2) is 8.36. The third-order valence-electron chi connectivity index (χ3n) is 3.61. The van der Waals surface area contributed by atoms with Gasteiger partial charge in [0.15, 0.2) is 0 Å². The van der Waals surface area contributed by atoms with Gasteiger partial charge in [-0.25, -0.2) is 4.98 Å². The van der Waals surface area contributed by atoms with Gasteiger partial charge in [-0.05, 0) is 44.8 Å². The lowest BCUT2D eigenvalue weighted by molar-refractivity contribution is 0.258. The Hall–Kier alpha value is -2.53. The molecule has 0 radical (unpaired) electrons. The Balaban J connectivity index is 2.43. The summed E-state index contributed by atoms with van der Waals surface area (Å²) in [5, 5.41) is 0. The summed E-state index contributed by atoms with van der Waals surface area (Å²) in [6, 6.07) is 9.47. The van der Waals surface area contributed by atoms with Crippen molar-refractivity contribution >= 4 is 5.82 Å². The van der Waals surface area contributed by atoms with Crippen LogP contribution >= 0.6 is 0 Å². The zero-order valence-electron chi connectivity index (χ0n) is 14.6. The number of methoxy groups -OCH3 is 1. The zero-order chi connectivity index (χ0) is 17.5. The number of likely N-dealkylation sites (N-methyl/N-ethyl adjacent to an activating group) is 1. The summed E-state index contributed by atoms with van der Waals surface area (Å²) in [7, 11) is 5.69. The second-order valence-corrected chi connectivity index (χ2v) is 5.72. The van der Waals surface area contributed by atoms with E-state index in [0.29, 0.717) is 18.8 Å². The number of allylic oxidation sites excluding steroid dienone is 1. The Morgan fingerprint density at radius 1 is 1.25 bits per heavy atom. The van der Waals surface area contributed by atoms with E-state index < -0.39 is 0 Å². The summed E-state index contributed by atoms with van der Waals surface area (Å²) < 4.78 is 11.6. The quantitative estimate of drug-likeness (QED) is 0.755. The summed E-state index contributed by atoms with van der Waals surface area (Å²) in [5.41, 5.74) is 8.44. The van der Waals surface area contributed by atoms with Gasteiger partial charge in [0.25, 0.3) is 0 Å². The van der Waals surface area contributed by atoms with Crippen LogP contribution in [0.3, 0.4) is 0 Å². The van der Waals surface area contributed by atoms with Gasteiger partial charge in [0, 0.05) is 17.7 Å². The molecule has 0 bridgehead atoms. The second-order valence-electron chi connectivity index (χ2n) is 5.72. The minimum absolute atomic E-state index is 0.478. The summed E-state index contributed by atoms with van der Waals surface area (Å²) >= 11 is 0. The predicted molar refractivity (Wildman–Crippen MR) is 98.6 cm³/mol. The molecule has 0 spiro atoms. The van der Waals surface area contributed by atoms with E-state index in [0.717, 1.165) is 34.9 Å². The standard InChI is InChI=1S/C19H25N3O2/c1-5-7-15-17(24-13-12-22(2)3)11-10-14(19(15)23-4)16-8-6-9-18(20)21-16/h5-6,8-11H,1,7,12-13H2,2-4H3,(H2,20,21). The number of aromatic nitrogens is 1. The minimum atomic E-state index is 0.478. The fourth-order valence-corrected chi connectivity index (χ4v) is 2.46. The molecule has 0 atom stereocenters. The molecule has 0 saturated carbocycles. The van der Waals surface area contributed by atoms with Crippen LogP contribution in [0, 0.1) is 0 Å². The normalized spacial score (nSPS) is 10.7. The van der Waals surface area contributed by atoms with Crippen LogP contribution < -0.4 is 15.2 Å². The van der Waals surface area contributed by atoms with E-state index in [9.17, 15) is 0 Å². The molecule has 24 heavy (non-hydrogen) atoms. The average Bonchev–Trinajstić information content (AvgIpc) is 2.55. The van der Waals surface area contributed by atoms with Crippen LogP contribution in [0.15, 0.2) is 43.0 Å². The molecule has 2 N–H and O–H groups in total. The van der Waals surface area contributed by atoms with E-state index >= 15 is 0 Å². The first-order chi connectivity index (χ1) is 11.6. The number of nitrogen functional groups attached to an aromatic ring is 1. The highest BCUT2D eigenvalue weighted by molar-refractivity contribution is 5.72. The first-order valence-corrected chi connectivity index (χ1v) is 7.88. The summed E-state index contributed by atoms with van der Waals surface area (Å²) in [6.45, 7) is 5.29. The van der Waals surface area contributed by atoms with E-state index in [2.05, 4.69) is 16.5 Å². The number of benzene rings is 1. The van der Waals surface area contributed by atoms with Crippen molar-refractivity contribution in [3.05, 3.63) is 48.6 Å². The molecule has 1 aromatic heterocycles. The first kappa shape index (κ1) is 17.8. The molecular formula is C19H25N3O2. The topological polar surface area (TPSA) is 60.6 Å². The summed E-state index contributed by atoms with van der Waals surface area (Å²) in [6.07, 6.45) is 2.49. The molecule has 0 aliphatic carbocycles. The van der Waals surface area contributed by atoms with Crippen LogP contribution in [-0.2, 0) is 6.42 Å². The highest BCUT2D eigenvalue weighted by Gasteiger charge is 2.16. The van der Waals surface area contributed by atoms with Crippen LogP contribution in [0.2, 0.25) is 0 Å². The van der Waals surface area contributed by atoms with Crippen molar-refractivity contribution in [3.8, 4) is 22.8 Å². The number of hydrogen-bond donors (Lipinski definition) is 1. The Kier molecular flexibility index (Phi) is 6.21. The van der Waals surface area contributed by atoms with Gasteiger partial charge in [-0.3, -0.25) is 0 Å². The van der Waals surface area contributed by atoms with Crippen molar-refractivity contribution in [2.24, 2.45) is 0 Å². The fourth-order valence-electron chi connectivity index (χ4n) is 2.46. The Labute approximate surface area is 143 Å². The Morgan fingerprint density at radius 2 is 2.04 bits per heavy atom. The maximum absolute atomic E-state index is 5.94.